The fourth-order valence-electron chi connectivity index (χ4n) is 2.62. The molecule has 1 aromatic heterocycles. The Kier molecular flexibility index (Phi) is 4.86. The van der Waals surface area contributed by atoms with Gasteiger partial charge in [-0.15, -0.1) is 0 Å². The molecule has 0 spiro atoms. The molecule has 1 aliphatic carbocycles. The molecule has 0 bridgehead atoms. The molecule has 0 aliphatic heterocycles. The van der Waals surface area contributed by atoms with E-state index in [4.69, 9.17) is 0 Å². The Morgan fingerprint density at radius 1 is 1.38 bits per heavy atom. The van der Waals surface area contributed by atoms with E-state index in [1.807, 2.05) is 0 Å². The summed E-state index contributed by atoms with van der Waals surface area (Å²) in [4.78, 5) is 0. The van der Waals surface area contributed by atoms with Crippen LogP contribution in [0.3, 0.4) is 0 Å². The summed E-state index contributed by atoms with van der Waals surface area (Å²) in [6.45, 7) is 3.45. The third kappa shape index (κ3) is 3.60. The molecule has 90 valence electrons. The zero-order chi connectivity index (χ0) is 11.2. The van der Waals surface area contributed by atoms with Gasteiger partial charge in [-0.05, 0) is 48.2 Å². The zero-order valence-electron chi connectivity index (χ0n) is 10.2. The van der Waals surface area contributed by atoms with Gasteiger partial charge >= 0.3 is 0 Å². The molecule has 0 saturated heterocycles. The van der Waals surface area contributed by atoms with Crippen LogP contribution in [-0.2, 0) is 0 Å². The van der Waals surface area contributed by atoms with Crippen molar-refractivity contribution in [3.05, 3.63) is 22.4 Å². The molecule has 1 N–H and O–H groups in total. The summed E-state index contributed by atoms with van der Waals surface area (Å²) < 4.78 is 0. The van der Waals surface area contributed by atoms with E-state index in [1.165, 1.54) is 50.6 Å². The summed E-state index contributed by atoms with van der Waals surface area (Å²) in [6.07, 6.45) is 8.70. The standard InChI is InChI=1S/C14H23NS/c1-12(14-8-10-16-11-14)15-9-7-13-5-3-2-4-6-13/h8,10-13,15H,2-7,9H2,1H3. The molecular weight excluding hydrogens is 214 g/mol. The van der Waals surface area contributed by atoms with Crippen LogP contribution < -0.4 is 5.32 Å². The molecule has 1 aliphatic rings. The van der Waals surface area contributed by atoms with E-state index in [9.17, 15) is 0 Å². The maximum absolute atomic E-state index is 3.64. The predicted octanol–water partition coefficient (Wildman–Crippen LogP) is 4.37. The van der Waals surface area contributed by atoms with Crippen LogP contribution in [0.25, 0.3) is 0 Å². The smallest absolute Gasteiger partial charge is 0.0300 e. The van der Waals surface area contributed by atoms with Crippen LogP contribution in [-0.4, -0.2) is 6.54 Å². The summed E-state index contributed by atoms with van der Waals surface area (Å²) in [6, 6.07) is 2.75. The van der Waals surface area contributed by atoms with Gasteiger partial charge in [0.05, 0.1) is 0 Å². The maximum Gasteiger partial charge on any atom is 0.0300 e. The van der Waals surface area contributed by atoms with Crippen molar-refractivity contribution in [2.24, 2.45) is 5.92 Å². The second-order valence-corrected chi connectivity index (χ2v) is 5.81. The summed E-state index contributed by atoms with van der Waals surface area (Å²) in [5.41, 5.74) is 1.44. The third-order valence-corrected chi connectivity index (χ3v) is 4.47. The average molecular weight is 237 g/mol. The van der Waals surface area contributed by atoms with Crippen molar-refractivity contribution in [2.75, 3.05) is 6.54 Å². The topological polar surface area (TPSA) is 12.0 Å². The molecule has 1 nitrogen and oxygen atoms in total. The minimum atomic E-state index is 0.523. The monoisotopic (exact) mass is 237 g/mol. The fourth-order valence-corrected chi connectivity index (χ4v) is 3.37. The number of hydrogen-bond acceptors (Lipinski definition) is 2. The molecule has 1 heterocycles. The third-order valence-electron chi connectivity index (χ3n) is 3.77. The zero-order valence-corrected chi connectivity index (χ0v) is 11.1. The minimum absolute atomic E-state index is 0.523. The van der Waals surface area contributed by atoms with Crippen molar-refractivity contribution in [1.82, 2.24) is 5.32 Å². The minimum Gasteiger partial charge on any atom is -0.310 e. The quantitative estimate of drug-likeness (QED) is 0.802. The summed E-state index contributed by atoms with van der Waals surface area (Å²) in [7, 11) is 0. The molecule has 2 rings (SSSR count). The molecule has 0 aromatic carbocycles. The van der Waals surface area contributed by atoms with E-state index in [-0.39, 0.29) is 0 Å². The molecule has 0 amide bonds. The van der Waals surface area contributed by atoms with Crippen molar-refractivity contribution in [3.63, 3.8) is 0 Å². The highest BCUT2D eigenvalue weighted by Gasteiger charge is 2.13. The lowest BCUT2D eigenvalue weighted by molar-refractivity contribution is 0.329. The lowest BCUT2D eigenvalue weighted by Gasteiger charge is -2.22. The van der Waals surface area contributed by atoms with Gasteiger partial charge < -0.3 is 5.32 Å². The van der Waals surface area contributed by atoms with Crippen molar-refractivity contribution in [1.29, 1.82) is 0 Å². The van der Waals surface area contributed by atoms with Crippen molar-refractivity contribution < 1.29 is 0 Å². The molecule has 16 heavy (non-hydrogen) atoms. The Labute approximate surface area is 103 Å². The van der Waals surface area contributed by atoms with E-state index >= 15 is 0 Å². The van der Waals surface area contributed by atoms with Crippen molar-refractivity contribution in [2.45, 2.75) is 51.5 Å². The van der Waals surface area contributed by atoms with Crippen LogP contribution in [0.2, 0.25) is 0 Å². The van der Waals surface area contributed by atoms with E-state index in [0.29, 0.717) is 6.04 Å². The molecule has 1 fully saturated rings. The summed E-state index contributed by atoms with van der Waals surface area (Å²) in [5, 5.41) is 8.05. The van der Waals surface area contributed by atoms with Crippen LogP contribution in [0.4, 0.5) is 0 Å². The first-order valence-electron chi connectivity index (χ1n) is 6.62. The van der Waals surface area contributed by atoms with E-state index in [1.54, 1.807) is 11.3 Å². The predicted molar refractivity (Wildman–Crippen MR) is 71.9 cm³/mol. The Morgan fingerprint density at radius 3 is 2.88 bits per heavy atom. The SMILES string of the molecule is CC(NCCC1CCCCC1)c1ccsc1. The van der Waals surface area contributed by atoms with Crippen molar-refractivity contribution in [3.8, 4) is 0 Å². The maximum atomic E-state index is 3.64. The van der Waals surface area contributed by atoms with Crippen LogP contribution in [0.15, 0.2) is 16.8 Å². The first kappa shape index (κ1) is 12.1. The van der Waals surface area contributed by atoms with Crippen LogP contribution >= 0.6 is 11.3 Å². The van der Waals surface area contributed by atoms with Gasteiger partial charge in [0, 0.05) is 6.04 Å². The number of hydrogen-bond donors (Lipinski definition) is 1. The summed E-state index contributed by atoms with van der Waals surface area (Å²) in [5.74, 6) is 0.996. The van der Waals surface area contributed by atoms with Crippen LogP contribution in [0.1, 0.15) is 57.1 Å². The number of thiophene rings is 1. The van der Waals surface area contributed by atoms with Crippen LogP contribution in [0.5, 0.6) is 0 Å². The highest BCUT2D eigenvalue weighted by molar-refractivity contribution is 7.07. The summed E-state index contributed by atoms with van der Waals surface area (Å²) >= 11 is 1.79. The van der Waals surface area contributed by atoms with Gasteiger partial charge in [0.2, 0.25) is 0 Å². The van der Waals surface area contributed by atoms with Gasteiger partial charge in [0.1, 0.15) is 0 Å². The highest BCUT2D eigenvalue weighted by Crippen LogP contribution is 2.26. The lowest BCUT2D eigenvalue weighted by atomic mass is 9.87. The Morgan fingerprint density at radius 2 is 2.19 bits per heavy atom. The molecule has 1 unspecified atom stereocenters. The van der Waals surface area contributed by atoms with E-state index < -0.39 is 0 Å². The van der Waals surface area contributed by atoms with Gasteiger partial charge in [-0.3, -0.25) is 0 Å². The molecule has 1 saturated carbocycles. The molecule has 1 atom stereocenters. The normalized spacial score (nSPS) is 19.8. The first-order valence-corrected chi connectivity index (χ1v) is 7.56. The fraction of sp³-hybridized carbons (Fsp3) is 0.714. The Balaban J connectivity index is 1.63. The van der Waals surface area contributed by atoms with Gasteiger partial charge in [0.15, 0.2) is 0 Å². The second kappa shape index (κ2) is 6.41. The molecule has 1 aromatic rings. The van der Waals surface area contributed by atoms with Gasteiger partial charge in [-0.1, -0.05) is 32.1 Å². The van der Waals surface area contributed by atoms with Crippen molar-refractivity contribution >= 4 is 11.3 Å². The number of rotatable bonds is 5. The largest absolute Gasteiger partial charge is 0.310 e. The molecular formula is C14H23NS. The second-order valence-electron chi connectivity index (χ2n) is 5.03. The Hall–Kier alpha value is -0.340. The Bertz CT molecular complexity index is 275. The van der Waals surface area contributed by atoms with Gasteiger partial charge in [0.25, 0.3) is 0 Å². The van der Waals surface area contributed by atoms with Gasteiger partial charge in [-0.2, -0.15) is 11.3 Å². The van der Waals surface area contributed by atoms with Gasteiger partial charge in [-0.25, -0.2) is 0 Å². The lowest BCUT2D eigenvalue weighted by Crippen LogP contribution is -2.22. The average Bonchev–Trinajstić information content (AvgIpc) is 2.84. The van der Waals surface area contributed by atoms with E-state index in [0.717, 1.165) is 5.92 Å². The molecule has 2 heteroatoms. The first-order chi connectivity index (χ1) is 7.86. The van der Waals surface area contributed by atoms with E-state index in [2.05, 4.69) is 29.1 Å². The molecule has 0 radical (unpaired) electrons. The van der Waals surface area contributed by atoms with Crippen LogP contribution in [0, 0.1) is 5.92 Å². The highest BCUT2D eigenvalue weighted by atomic mass is 32.1. The number of nitrogens with one attached hydrogen (secondary N) is 1.